The number of halogens is 1. The van der Waals surface area contributed by atoms with Crippen LogP contribution in [-0.4, -0.2) is 45.2 Å². The zero-order valence-corrected chi connectivity index (χ0v) is 20.8. The van der Waals surface area contributed by atoms with Gasteiger partial charge < -0.3 is 28.6 Å². The molecule has 32 heavy (non-hydrogen) atoms. The smallest absolute Gasteiger partial charge is 0.310 e. The first kappa shape index (κ1) is 24.3. The molecule has 0 fully saturated rings. The van der Waals surface area contributed by atoms with Gasteiger partial charge in [0.05, 0.1) is 28.4 Å². The Morgan fingerprint density at radius 2 is 2.06 bits per heavy atom. The quantitative estimate of drug-likeness (QED) is 0.223. The number of hydrogen-bond acceptors (Lipinski definition) is 7. The lowest BCUT2D eigenvalue weighted by atomic mass is 10.1. The van der Waals surface area contributed by atoms with Crippen LogP contribution in [0.3, 0.4) is 0 Å². The number of aliphatic hydroxyl groups is 1. The Balaban J connectivity index is 1.85. The fourth-order valence-corrected chi connectivity index (χ4v) is 4.36. The van der Waals surface area contributed by atoms with Crippen LogP contribution >= 0.6 is 22.6 Å². The number of furan rings is 1. The third-order valence-corrected chi connectivity index (χ3v) is 5.80. The summed E-state index contributed by atoms with van der Waals surface area (Å²) in [7, 11) is 3.41. The SMILES string of the molecule is CCOC(=O)Cc1cccc(N(C)CC(O)c2cc(I)c3oc(C)cc3c2)c1OCOC. The van der Waals surface area contributed by atoms with E-state index < -0.39 is 6.10 Å². The van der Waals surface area contributed by atoms with Crippen LogP contribution in [0.1, 0.15) is 29.9 Å². The number of rotatable bonds is 10. The standard InChI is InChI=1S/C24H28INO6/c1-5-30-22(28)12-16-7-6-8-20(24(16)31-14-29-4)26(3)13-21(27)17-10-18-9-15(2)32-23(18)19(25)11-17/h6-11,21,27H,5,12-14H2,1-4H3. The van der Waals surface area contributed by atoms with Crippen LogP contribution in [0, 0.1) is 10.5 Å². The van der Waals surface area contributed by atoms with Gasteiger partial charge in [-0.1, -0.05) is 12.1 Å². The van der Waals surface area contributed by atoms with E-state index in [1.54, 1.807) is 6.92 Å². The van der Waals surface area contributed by atoms with Crippen molar-refractivity contribution in [1.29, 1.82) is 0 Å². The van der Waals surface area contributed by atoms with Gasteiger partial charge in [0.2, 0.25) is 0 Å². The predicted octanol–water partition coefficient (Wildman–Crippen LogP) is 4.60. The first-order chi connectivity index (χ1) is 15.3. The van der Waals surface area contributed by atoms with Crippen LogP contribution < -0.4 is 9.64 Å². The summed E-state index contributed by atoms with van der Waals surface area (Å²) < 4.78 is 22.7. The first-order valence-electron chi connectivity index (χ1n) is 10.3. The minimum Gasteiger partial charge on any atom is -0.466 e. The molecule has 7 nitrogen and oxygen atoms in total. The molecule has 1 unspecified atom stereocenters. The summed E-state index contributed by atoms with van der Waals surface area (Å²) in [6.45, 7) is 4.36. The molecule has 1 atom stereocenters. The second-order valence-electron chi connectivity index (χ2n) is 7.47. The predicted molar refractivity (Wildman–Crippen MR) is 131 cm³/mol. The van der Waals surface area contributed by atoms with Crippen molar-refractivity contribution in [1.82, 2.24) is 0 Å². The molecular weight excluding hydrogens is 525 g/mol. The van der Waals surface area contributed by atoms with Gasteiger partial charge in [0.25, 0.3) is 0 Å². The number of para-hydroxylation sites is 1. The van der Waals surface area contributed by atoms with E-state index in [-0.39, 0.29) is 19.2 Å². The van der Waals surface area contributed by atoms with Crippen molar-refractivity contribution in [3.05, 3.63) is 56.9 Å². The Labute approximate surface area is 201 Å². The molecule has 0 saturated carbocycles. The lowest BCUT2D eigenvalue weighted by molar-refractivity contribution is -0.142. The van der Waals surface area contributed by atoms with Crippen LogP contribution in [0.15, 0.2) is 40.8 Å². The number of likely N-dealkylation sites (N-methyl/N-ethyl adjacent to an activating group) is 1. The molecule has 8 heteroatoms. The Kier molecular flexibility index (Phi) is 8.38. The van der Waals surface area contributed by atoms with E-state index in [2.05, 4.69) is 22.6 Å². The van der Waals surface area contributed by atoms with Crippen molar-refractivity contribution in [3.63, 3.8) is 0 Å². The van der Waals surface area contributed by atoms with Crippen molar-refractivity contribution >= 4 is 45.2 Å². The Hall–Kier alpha value is -2.30. The fourth-order valence-electron chi connectivity index (χ4n) is 3.58. The number of aryl methyl sites for hydroxylation is 1. The van der Waals surface area contributed by atoms with Gasteiger partial charge in [-0.15, -0.1) is 0 Å². The van der Waals surface area contributed by atoms with Gasteiger partial charge >= 0.3 is 5.97 Å². The lowest BCUT2D eigenvalue weighted by Crippen LogP contribution is -2.25. The number of carbonyl (C=O) groups excluding carboxylic acids is 1. The fraction of sp³-hybridized carbons (Fsp3) is 0.375. The molecular formula is C24H28INO6. The summed E-state index contributed by atoms with van der Waals surface area (Å²) in [5.41, 5.74) is 3.08. The van der Waals surface area contributed by atoms with Crippen LogP contribution in [0.5, 0.6) is 5.75 Å². The van der Waals surface area contributed by atoms with Gasteiger partial charge in [-0.2, -0.15) is 0 Å². The topological polar surface area (TPSA) is 81.4 Å². The average Bonchev–Trinajstić information content (AvgIpc) is 3.13. The van der Waals surface area contributed by atoms with Gasteiger partial charge in [-0.05, 0) is 66.3 Å². The summed E-state index contributed by atoms with van der Waals surface area (Å²) in [5.74, 6) is 1.04. The molecule has 0 aliphatic heterocycles. The normalized spacial score (nSPS) is 12.1. The largest absolute Gasteiger partial charge is 0.466 e. The highest BCUT2D eigenvalue weighted by Crippen LogP contribution is 2.34. The van der Waals surface area contributed by atoms with Crippen LogP contribution in [0.2, 0.25) is 0 Å². The number of anilines is 1. The molecule has 0 aliphatic carbocycles. The molecule has 1 N–H and O–H groups in total. The summed E-state index contributed by atoms with van der Waals surface area (Å²) in [5, 5.41) is 11.9. The number of esters is 1. The van der Waals surface area contributed by atoms with Crippen LogP contribution in [0.25, 0.3) is 11.0 Å². The van der Waals surface area contributed by atoms with Crippen molar-refractivity contribution in [2.45, 2.75) is 26.4 Å². The summed E-state index contributed by atoms with van der Waals surface area (Å²) in [6.07, 6.45) is -0.650. The maximum atomic E-state index is 12.1. The number of fused-ring (bicyclic) bond motifs is 1. The summed E-state index contributed by atoms with van der Waals surface area (Å²) >= 11 is 2.22. The minimum atomic E-state index is -0.739. The monoisotopic (exact) mass is 553 g/mol. The molecule has 2 aromatic carbocycles. The van der Waals surface area contributed by atoms with Gasteiger partial charge in [0.1, 0.15) is 17.1 Å². The molecule has 1 heterocycles. The van der Waals surface area contributed by atoms with Crippen molar-refractivity contribution in [3.8, 4) is 5.75 Å². The Morgan fingerprint density at radius 3 is 2.78 bits per heavy atom. The molecule has 0 aliphatic rings. The number of nitrogens with zero attached hydrogens (tertiary/aromatic N) is 1. The van der Waals surface area contributed by atoms with Crippen molar-refractivity contribution < 1.29 is 28.5 Å². The van der Waals surface area contributed by atoms with Crippen LogP contribution in [-0.2, 0) is 20.7 Å². The molecule has 172 valence electrons. The van der Waals surface area contributed by atoms with Gasteiger partial charge in [-0.25, -0.2) is 0 Å². The van der Waals surface area contributed by atoms with Gasteiger partial charge in [-0.3, -0.25) is 4.79 Å². The number of carbonyl (C=O) groups is 1. The molecule has 3 aromatic rings. The van der Waals surface area contributed by atoms with E-state index in [0.717, 1.165) is 31.6 Å². The second kappa shape index (κ2) is 11.0. The molecule has 0 amide bonds. The molecule has 0 saturated heterocycles. The molecule has 0 spiro atoms. The number of methoxy groups -OCH3 is 1. The molecule has 0 bridgehead atoms. The number of ether oxygens (including phenoxy) is 3. The maximum Gasteiger partial charge on any atom is 0.310 e. The number of hydrogen-bond donors (Lipinski definition) is 1. The molecule has 3 rings (SSSR count). The first-order valence-corrected chi connectivity index (χ1v) is 11.4. The highest BCUT2D eigenvalue weighted by atomic mass is 127. The van der Waals surface area contributed by atoms with E-state index in [0.29, 0.717) is 24.5 Å². The highest BCUT2D eigenvalue weighted by molar-refractivity contribution is 14.1. The average molecular weight is 553 g/mol. The van der Waals surface area contributed by atoms with Gasteiger partial charge in [0, 0.05) is 31.7 Å². The van der Waals surface area contributed by atoms with E-state index in [9.17, 15) is 9.90 Å². The van der Waals surface area contributed by atoms with E-state index in [1.165, 1.54) is 7.11 Å². The second-order valence-corrected chi connectivity index (χ2v) is 8.63. The molecule has 0 radical (unpaired) electrons. The van der Waals surface area contributed by atoms with Crippen LogP contribution in [0.4, 0.5) is 5.69 Å². The van der Waals surface area contributed by atoms with E-state index in [4.69, 9.17) is 18.6 Å². The zero-order valence-electron chi connectivity index (χ0n) is 18.7. The van der Waals surface area contributed by atoms with Crippen molar-refractivity contribution in [2.75, 3.05) is 39.0 Å². The number of benzene rings is 2. The van der Waals surface area contributed by atoms with Gasteiger partial charge in [0.15, 0.2) is 6.79 Å². The van der Waals surface area contributed by atoms with Crippen molar-refractivity contribution in [2.24, 2.45) is 0 Å². The summed E-state index contributed by atoms with van der Waals surface area (Å²) in [4.78, 5) is 14.0. The Morgan fingerprint density at radius 1 is 1.28 bits per heavy atom. The Bertz CT molecular complexity index is 1080. The highest BCUT2D eigenvalue weighted by Gasteiger charge is 2.20. The third-order valence-electron chi connectivity index (χ3n) is 5.00. The number of aliphatic hydroxyl groups excluding tert-OH is 1. The summed E-state index contributed by atoms with van der Waals surface area (Å²) in [6, 6.07) is 11.4. The molecule has 1 aromatic heterocycles. The van der Waals surface area contributed by atoms with E-state index in [1.807, 2.05) is 55.3 Å². The minimum absolute atomic E-state index is 0.0396. The zero-order chi connectivity index (χ0) is 23.3. The van der Waals surface area contributed by atoms with E-state index >= 15 is 0 Å². The maximum absolute atomic E-state index is 12.1. The third kappa shape index (κ3) is 5.73. The lowest BCUT2D eigenvalue weighted by Gasteiger charge is -2.26.